The number of aliphatic carboxylic acids is 1. The Morgan fingerprint density at radius 2 is 2.06 bits per heavy atom. The molecule has 0 aliphatic carbocycles. The number of carboxylic acids is 1. The maximum Gasteiger partial charge on any atom is 0.353 e. The molecule has 1 fully saturated rings. The Labute approximate surface area is 95.4 Å². The van der Waals surface area contributed by atoms with Gasteiger partial charge in [-0.1, -0.05) is 0 Å². The summed E-state index contributed by atoms with van der Waals surface area (Å²) in [4.78, 5) is 44.4. The average molecular weight is 246 g/mol. The lowest BCUT2D eigenvalue weighted by molar-refractivity contribution is -0.191. The Bertz CT molecular complexity index is 386. The lowest BCUT2D eigenvalue weighted by Gasteiger charge is -2.25. The van der Waals surface area contributed by atoms with E-state index in [4.69, 9.17) is 5.11 Å². The van der Waals surface area contributed by atoms with Crippen LogP contribution in [0.5, 0.6) is 0 Å². The van der Waals surface area contributed by atoms with Crippen LogP contribution in [0, 0.1) is 0 Å². The van der Waals surface area contributed by atoms with Crippen molar-refractivity contribution in [3.05, 3.63) is 0 Å². The Kier molecular flexibility index (Phi) is 3.35. The molecule has 0 bridgehead atoms. The number of carbonyl (C=O) groups is 4. The molecule has 8 heteroatoms. The number of hydrogen-bond acceptors (Lipinski definition) is 7. The second-order valence-electron chi connectivity index (χ2n) is 3.36. The molecule has 2 atom stereocenters. The first-order valence-electron chi connectivity index (χ1n) is 4.54. The van der Waals surface area contributed by atoms with Crippen LogP contribution in [-0.4, -0.2) is 47.8 Å². The molecule has 0 aromatic heterocycles. The molecule has 1 aliphatic heterocycles. The largest absolute Gasteiger partial charge is 0.478 e. The van der Waals surface area contributed by atoms with Crippen molar-refractivity contribution < 1.29 is 38.5 Å². The molecule has 0 aromatic rings. The molecule has 8 nitrogen and oxygen atoms in total. The molecule has 1 aliphatic rings. The summed E-state index contributed by atoms with van der Waals surface area (Å²) >= 11 is 0. The van der Waals surface area contributed by atoms with Crippen molar-refractivity contribution >= 4 is 23.9 Å². The van der Waals surface area contributed by atoms with E-state index in [1.54, 1.807) is 0 Å². The van der Waals surface area contributed by atoms with Crippen LogP contribution in [0.3, 0.4) is 0 Å². The fourth-order valence-electron chi connectivity index (χ4n) is 1.50. The lowest BCUT2D eigenvalue weighted by Crippen LogP contribution is -2.53. The Morgan fingerprint density at radius 1 is 1.47 bits per heavy atom. The zero-order valence-corrected chi connectivity index (χ0v) is 9.09. The van der Waals surface area contributed by atoms with Crippen LogP contribution in [0.2, 0.25) is 0 Å². The minimum absolute atomic E-state index is 0.734. The zero-order chi connectivity index (χ0) is 13.2. The number of carbonyl (C=O) groups excluding carboxylic acids is 3. The summed E-state index contributed by atoms with van der Waals surface area (Å²) in [5, 5.41) is 9.03. The van der Waals surface area contributed by atoms with Crippen molar-refractivity contribution in [1.82, 2.24) is 0 Å². The van der Waals surface area contributed by atoms with E-state index in [2.05, 4.69) is 14.2 Å². The van der Waals surface area contributed by atoms with Crippen molar-refractivity contribution in [3.63, 3.8) is 0 Å². The minimum Gasteiger partial charge on any atom is -0.478 e. The number of ether oxygens (including phenoxy) is 3. The summed E-state index contributed by atoms with van der Waals surface area (Å²) < 4.78 is 13.4. The number of rotatable bonds is 3. The van der Waals surface area contributed by atoms with Crippen molar-refractivity contribution in [2.24, 2.45) is 0 Å². The fraction of sp³-hybridized carbons (Fsp3) is 0.556. The van der Waals surface area contributed by atoms with Crippen LogP contribution in [-0.2, 0) is 33.4 Å². The summed E-state index contributed by atoms with van der Waals surface area (Å²) in [7, 11) is 0.995. The van der Waals surface area contributed by atoms with Gasteiger partial charge in [0.2, 0.25) is 6.10 Å². The number of esters is 3. The van der Waals surface area contributed by atoms with E-state index in [1.165, 1.54) is 0 Å². The molecule has 1 heterocycles. The third kappa shape index (κ3) is 2.19. The molecule has 0 amide bonds. The minimum atomic E-state index is -2.35. The van der Waals surface area contributed by atoms with Crippen molar-refractivity contribution in [3.8, 4) is 0 Å². The molecule has 1 saturated heterocycles. The normalized spacial score (nSPS) is 27.2. The molecule has 0 radical (unpaired) electrons. The van der Waals surface area contributed by atoms with E-state index in [0.717, 1.165) is 14.0 Å². The van der Waals surface area contributed by atoms with E-state index in [1.807, 2.05) is 0 Å². The third-order valence-electron chi connectivity index (χ3n) is 2.18. The van der Waals surface area contributed by atoms with Gasteiger partial charge in [-0.25, -0.2) is 9.59 Å². The zero-order valence-electron chi connectivity index (χ0n) is 9.09. The molecule has 1 unspecified atom stereocenters. The monoisotopic (exact) mass is 246 g/mol. The van der Waals surface area contributed by atoms with Crippen molar-refractivity contribution in [2.75, 3.05) is 7.11 Å². The van der Waals surface area contributed by atoms with Gasteiger partial charge in [0, 0.05) is 6.92 Å². The average Bonchev–Trinajstić information content (AvgIpc) is 2.54. The first-order chi connectivity index (χ1) is 7.83. The first-order valence-corrected chi connectivity index (χ1v) is 4.54. The van der Waals surface area contributed by atoms with E-state index < -0.39 is 42.0 Å². The highest BCUT2D eigenvalue weighted by Gasteiger charge is 2.62. The molecule has 17 heavy (non-hydrogen) atoms. The van der Waals surface area contributed by atoms with Crippen molar-refractivity contribution in [1.29, 1.82) is 0 Å². The van der Waals surface area contributed by atoms with Gasteiger partial charge >= 0.3 is 23.9 Å². The molecule has 1 rings (SSSR count). The van der Waals surface area contributed by atoms with Crippen molar-refractivity contribution in [2.45, 2.75) is 25.0 Å². The molecular formula is C9H10O8. The second-order valence-corrected chi connectivity index (χ2v) is 3.36. The predicted octanol–water partition coefficient (Wildman–Crippen LogP) is -1.14. The Morgan fingerprint density at radius 3 is 2.47 bits per heavy atom. The summed E-state index contributed by atoms with van der Waals surface area (Å²) in [5.41, 5.74) is -2.35. The molecule has 0 aromatic carbocycles. The van der Waals surface area contributed by atoms with E-state index >= 15 is 0 Å². The van der Waals surface area contributed by atoms with Gasteiger partial charge in [0.1, 0.15) is 6.42 Å². The van der Waals surface area contributed by atoms with Gasteiger partial charge in [0.15, 0.2) is 0 Å². The maximum absolute atomic E-state index is 11.3. The smallest absolute Gasteiger partial charge is 0.353 e. The van der Waals surface area contributed by atoms with Gasteiger partial charge in [0.25, 0.3) is 5.60 Å². The topological polar surface area (TPSA) is 116 Å². The number of carboxylic acid groups (broad SMARTS) is 1. The van der Waals surface area contributed by atoms with E-state index in [-0.39, 0.29) is 0 Å². The van der Waals surface area contributed by atoms with Crippen LogP contribution in [0.25, 0.3) is 0 Å². The van der Waals surface area contributed by atoms with E-state index in [9.17, 15) is 19.2 Å². The number of cyclic esters (lactones) is 1. The third-order valence-corrected chi connectivity index (χ3v) is 2.18. The molecular weight excluding hydrogens is 236 g/mol. The summed E-state index contributed by atoms with van der Waals surface area (Å²) in [6.45, 7) is 0.960. The van der Waals surface area contributed by atoms with Gasteiger partial charge < -0.3 is 19.3 Å². The highest BCUT2D eigenvalue weighted by Crippen LogP contribution is 2.32. The van der Waals surface area contributed by atoms with Crippen LogP contribution in [0.4, 0.5) is 0 Å². The van der Waals surface area contributed by atoms with Crippen LogP contribution in [0.15, 0.2) is 0 Å². The number of methoxy groups -OCH3 is 1. The quantitative estimate of drug-likeness (QED) is 0.490. The highest BCUT2D eigenvalue weighted by atomic mass is 16.6. The van der Waals surface area contributed by atoms with Gasteiger partial charge in [-0.2, -0.15) is 0 Å². The molecule has 1 N–H and O–H groups in total. The van der Waals surface area contributed by atoms with Crippen LogP contribution >= 0.6 is 0 Å². The standard InChI is InChI=1S/C9H10O8/c1-4(10)17-9(8(13)14)3-5(11)16-6(9)7(12)15-2/h6H,3H2,1-2H3,(H,13,14)/t6-,9?/m1/s1. The predicted molar refractivity (Wildman–Crippen MR) is 48.6 cm³/mol. The van der Waals surface area contributed by atoms with Gasteiger partial charge in [-0.05, 0) is 0 Å². The first kappa shape index (κ1) is 12.9. The molecule has 94 valence electrons. The highest BCUT2D eigenvalue weighted by molar-refractivity contribution is 5.97. The summed E-state index contributed by atoms with van der Waals surface area (Å²) in [6.07, 6.45) is -2.52. The molecule has 0 spiro atoms. The SMILES string of the molecule is COC(=O)[C@H]1OC(=O)CC1(OC(C)=O)C(=O)O. The van der Waals surface area contributed by atoms with Crippen LogP contribution < -0.4 is 0 Å². The maximum atomic E-state index is 11.3. The summed E-state index contributed by atoms with van der Waals surface area (Å²) in [6, 6.07) is 0. The van der Waals surface area contributed by atoms with Gasteiger partial charge in [-0.3, -0.25) is 9.59 Å². The van der Waals surface area contributed by atoms with Gasteiger partial charge in [-0.15, -0.1) is 0 Å². The number of hydrogen-bond donors (Lipinski definition) is 1. The van der Waals surface area contributed by atoms with Gasteiger partial charge in [0.05, 0.1) is 7.11 Å². The Balaban J connectivity index is 3.16. The lowest BCUT2D eigenvalue weighted by atomic mass is 9.95. The Hall–Kier alpha value is -2.12. The van der Waals surface area contributed by atoms with Crippen LogP contribution in [0.1, 0.15) is 13.3 Å². The van der Waals surface area contributed by atoms with E-state index in [0.29, 0.717) is 0 Å². The molecule has 0 saturated carbocycles. The fourth-order valence-corrected chi connectivity index (χ4v) is 1.50. The second kappa shape index (κ2) is 4.40. The summed E-state index contributed by atoms with van der Waals surface area (Å²) in [5.74, 6) is -4.64.